The lowest BCUT2D eigenvalue weighted by atomic mass is 10.2. The summed E-state index contributed by atoms with van der Waals surface area (Å²) in [4.78, 5) is 20.9. The van der Waals surface area contributed by atoms with Crippen LogP contribution in [0.4, 0.5) is 5.95 Å². The maximum Gasteiger partial charge on any atom is 0.255 e. The third-order valence-corrected chi connectivity index (χ3v) is 4.08. The highest BCUT2D eigenvalue weighted by Gasteiger charge is 2.24. The Morgan fingerprint density at radius 1 is 1.18 bits per heavy atom. The highest BCUT2D eigenvalue weighted by molar-refractivity contribution is 6.33. The predicted octanol–water partition coefficient (Wildman–Crippen LogP) is 2.46. The molecule has 0 spiro atoms. The standard InChI is InChI=1S/C15H17ClN4O.ClH/c1-18-7-6-17-15(18)20-10-8-19(9-11-20)14(21)12-4-2-3-5-13(12)16;/h2-7H,8-11H2,1H3;1H. The van der Waals surface area contributed by atoms with Crippen LogP contribution in [0.15, 0.2) is 36.7 Å². The van der Waals surface area contributed by atoms with Gasteiger partial charge in [0.25, 0.3) is 5.91 Å². The Labute approximate surface area is 140 Å². The average molecular weight is 341 g/mol. The minimum Gasteiger partial charge on any atom is -0.339 e. The molecule has 1 aliphatic rings. The molecule has 0 unspecified atom stereocenters. The van der Waals surface area contributed by atoms with Crippen molar-refractivity contribution in [1.29, 1.82) is 0 Å². The topological polar surface area (TPSA) is 41.4 Å². The number of hydrogen-bond donors (Lipinski definition) is 0. The van der Waals surface area contributed by atoms with Crippen LogP contribution < -0.4 is 4.90 Å². The molecule has 5 nitrogen and oxygen atoms in total. The molecule has 3 rings (SSSR count). The van der Waals surface area contributed by atoms with Crippen LogP contribution in [-0.4, -0.2) is 46.5 Å². The summed E-state index contributed by atoms with van der Waals surface area (Å²) in [6, 6.07) is 7.19. The Balaban J connectivity index is 0.00000176. The Bertz CT molecular complexity index is 650. The van der Waals surface area contributed by atoms with Gasteiger partial charge >= 0.3 is 0 Å². The van der Waals surface area contributed by atoms with Crippen molar-refractivity contribution in [2.45, 2.75) is 0 Å². The van der Waals surface area contributed by atoms with E-state index in [2.05, 4.69) is 9.88 Å². The molecule has 1 aliphatic heterocycles. The number of anilines is 1. The van der Waals surface area contributed by atoms with E-state index in [-0.39, 0.29) is 18.3 Å². The second-order valence-electron chi connectivity index (χ2n) is 5.10. The third kappa shape index (κ3) is 3.20. The molecule has 1 aromatic carbocycles. The van der Waals surface area contributed by atoms with Crippen molar-refractivity contribution in [3.05, 3.63) is 47.2 Å². The SMILES string of the molecule is Cl.Cn1ccnc1N1CCN(C(=O)c2ccccc2Cl)CC1. The quantitative estimate of drug-likeness (QED) is 0.843. The zero-order chi connectivity index (χ0) is 14.8. The minimum atomic E-state index is 0. The number of aryl methyl sites for hydroxylation is 1. The maximum atomic E-state index is 12.5. The van der Waals surface area contributed by atoms with Gasteiger partial charge in [0, 0.05) is 45.6 Å². The summed E-state index contributed by atoms with van der Waals surface area (Å²) in [6.07, 6.45) is 3.72. The van der Waals surface area contributed by atoms with E-state index in [9.17, 15) is 4.79 Å². The molecule has 0 N–H and O–H groups in total. The number of imidazole rings is 1. The number of piperazine rings is 1. The Kier molecular flexibility index (Phi) is 5.32. The Morgan fingerprint density at radius 3 is 2.45 bits per heavy atom. The van der Waals surface area contributed by atoms with Crippen LogP contribution in [0.2, 0.25) is 5.02 Å². The van der Waals surface area contributed by atoms with Crippen LogP contribution in [0.3, 0.4) is 0 Å². The molecule has 0 atom stereocenters. The van der Waals surface area contributed by atoms with E-state index in [1.165, 1.54) is 0 Å². The highest BCUT2D eigenvalue weighted by atomic mass is 35.5. The fourth-order valence-electron chi connectivity index (χ4n) is 2.58. The van der Waals surface area contributed by atoms with E-state index in [4.69, 9.17) is 11.6 Å². The number of rotatable bonds is 2. The molecule has 7 heteroatoms. The van der Waals surface area contributed by atoms with Crippen LogP contribution in [0.1, 0.15) is 10.4 Å². The van der Waals surface area contributed by atoms with E-state index in [0.717, 1.165) is 19.0 Å². The lowest BCUT2D eigenvalue weighted by Crippen LogP contribution is -2.49. The van der Waals surface area contributed by atoms with Gasteiger partial charge in [-0.05, 0) is 12.1 Å². The van der Waals surface area contributed by atoms with E-state index in [0.29, 0.717) is 23.7 Å². The number of carbonyl (C=O) groups is 1. The number of carbonyl (C=O) groups excluding carboxylic acids is 1. The van der Waals surface area contributed by atoms with Crippen molar-refractivity contribution in [1.82, 2.24) is 14.5 Å². The van der Waals surface area contributed by atoms with Gasteiger partial charge in [0.1, 0.15) is 0 Å². The second-order valence-corrected chi connectivity index (χ2v) is 5.50. The Morgan fingerprint density at radius 2 is 1.86 bits per heavy atom. The molecule has 1 aromatic heterocycles. The van der Waals surface area contributed by atoms with Gasteiger partial charge in [-0.15, -0.1) is 12.4 Å². The number of hydrogen-bond acceptors (Lipinski definition) is 3. The fraction of sp³-hybridized carbons (Fsp3) is 0.333. The summed E-state index contributed by atoms with van der Waals surface area (Å²) in [6.45, 7) is 2.91. The zero-order valence-electron chi connectivity index (χ0n) is 12.3. The van der Waals surface area contributed by atoms with Gasteiger partial charge in [0.2, 0.25) is 5.95 Å². The zero-order valence-corrected chi connectivity index (χ0v) is 13.8. The lowest BCUT2D eigenvalue weighted by Gasteiger charge is -2.35. The van der Waals surface area contributed by atoms with Crippen LogP contribution >= 0.6 is 24.0 Å². The van der Waals surface area contributed by atoms with Crippen molar-refractivity contribution in [3.63, 3.8) is 0 Å². The van der Waals surface area contributed by atoms with Gasteiger partial charge < -0.3 is 14.4 Å². The van der Waals surface area contributed by atoms with Gasteiger partial charge in [-0.1, -0.05) is 23.7 Å². The summed E-state index contributed by atoms with van der Waals surface area (Å²) in [7, 11) is 1.98. The molecule has 2 heterocycles. The van der Waals surface area contributed by atoms with Crippen molar-refractivity contribution in [3.8, 4) is 0 Å². The molecule has 0 saturated carbocycles. The van der Waals surface area contributed by atoms with E-state index >= 15 is 0 Å². The highest BCUT2D eigenvalue weighted by Crippen LogP contribution is 2.19. The molecule has 0 bridgehead atoms. The summed E-state index contributed by atoms with van der Waals surface area (Å²) >= 11 is 6.10. The summed E-state index contributed by atoms with van der Waals surface area (Å²) in [5, 5.41) is 0.508. The molecule has 1 amide bonds. The monoisotopic (exact) mass is 340 g/mol. The summed E-state index contributed by atoms with van der Waals surface area (Å²) in [5.74, 6) is 0.944. The molecule has 0 aliphatic carbocycles. The largest absolute Gasteiger partial charge is 0.339 e. The number of aromatic nitrogens is 2. The van der Waals surface area contributed by atoms with Crippen molar-refractivity contribution < 1.29 is 4.79 Å². The van der Waals surface area contributed by atoms with Crippen LogP contribution in [0, 0.1) is 0 Å². The third-order valence-electron chi connectivity index (χ3n) is 3.75. The van der Waals surface area contributed by atoms with Crippen molar-refractivity contribution >= 4 is 35.9 Å². The van der Waals surface area contributed by atoms with Gasteiger partial charge in [-0.3, -0.25) is 4.79 Å². The molecule has 1 saturated heterocycles. The number of halogens is 2. The first-order valence-corrected chi connectivity index (χ1v) is 7.30. The van der Waals surface area contributed by atoms with Crippen LogP contribution in [-0.2, 0) is 7.05 Å². The molecule has 118 valence electrons. The molecule has 22 heavy (non-hydrogen) atoms. The molecule has 0 radical (unpaired) electrons. The Hall–Kier alpha value is -1.72. The first kappa shape index (κ1) is 16.6. The lowest BCUT2D eigenvalue weighted by molar-refractivity contribution is 0.0746. The van der Waals surface area contributed by atoms with Gasteiger partial charge in [0.05, 0.1) is 10.6 Å². The number of benzene rings is 1. The molecule has 2 aromatic rings. The minimum absolute atomic E-state index is 0. The number of amides is 1. The normalized spacial score (nSPS) is 14.6. The predicted molar refractivity (Wildman–Crippen MR) is 90.0 cm³/mol. The van der Waals surface area contributed by atoms with Crippen molar-refractivity contribution in [2.75, 3.05) is 31.1 Å². The fourth-order valence-corrected chi connectivity index (χ4v) is 2.79. The second kappa shape index (κ2) is 7.03. The first-order chi connectivity index (χ1) is 10.2. The molecule has 1 fully saturated rings. The van der Waals surface area contributed by atoms with E-state index in [1.54, 1.807) is 18.3 Å². The molecular formula is C15H18Cl2N4O. The summed E-state index contributed by atoms with van der Waals surface area (Å²) < 4.78 is 1.99. The van der Waals surface area contributed by atoms with Gasteiger partial charge in [-0.25, -0.2) is 4.98 Å². The van der Waals surface area contributed by atoms with Gasteiger partial charge in [0.15, 0.2) is 0 Å². The van der Waals surface area contributed by atoms with Crippen LogP contribution in [0.25, 0.3) is 0 Å². The molecular weight excluding hydrogens is 323 g/mol. The van der Waals surface area contributed by atoms with E-state index in [1.807, 2.05) is 34.8 Å². The smallest absolute Gasteiger partial charge is 0.255 e. The summed E-state index contributed by atoms with van der Waals surface area (Å²) in [5.41, 5.74) is 0.574. The van der Waals surface area contributed by atoms with E-state index < -0.39 is 0 Å². The van der Waals surface area contributed by atoms with Crippen LogP contribution in [0.5, 0.6) is 0 Å². The number of nitrogens with zero attached hydrogens (tertiary/aromatic N) is 4. The maximum absolute atomic E-state index is 12.5. The average Bonchev–Trinajstić information content (AvgIpc) is 2.93. The van der Waals surface area contributed by atoms with Crippen molar-refractivity contribution in [2.24, 2.45) is 7.05 Å². The first-order valence-electron chi connectivity index (χ1n) is 6.93. The van der Waals surface area contributed by atoms with Gasteiger partial charge in [-0.2, -0.15) is 0 Å².